The van der Waals surface area contributed by atoms with Crippen LogP contribution in [0.2, 0.25) is 0 Å². The second-order valence-corrected chi connectivity index (χ2v) is 7.26. The molecule has 0 saturated carbocycles. The van der Waals surface area contributed by atoms with Crippen molar-refractivity contribution in [1.82, 2.24) is 10.2 Å². The molecule has 0 aromatic heterocycles. The summed E-state index contributed by atoms with van der Waals surface area (Å²) in [5.41, 5.74) is 0.271. The molecule has 2 fully saturated rings. The molecule has 0 amide bonds. The van der Waals surface area contributed by atoms with Crippen molar-refractivity contribution in [2.75, 3.05) is 57.4 Å². The second kappa shape index (κ2) is 6.98. The van der Waals surface area contributed by atoms with Gasteiger partial charge in [-0.15, -0.1) is 0 Å². The van der Waals surface area contributed by atoms with E-state index in [0.717, 1.165) is 57.4 Å². The van der Waals surface area contributed by atoms with Gasteiger partial charge in [-0.2, -0.15) is 0 Å². The first-order valence-corrected chi connectivity index (χ1v) is 8.59. The molecule has 2 heterocycles. The summed E-state index contributed by atoms with van der Waals surface area (Å²) >= 11 is 0. The molecule has 2 aliphatic rings. The van der Waals surface area contributed by atoms with Crippen molar-refractivity contribution in [3.63, 3.8) is 0 Å². The molecule has 0 bridgehead atoms. The van der Waals surface area contributed by atoms with Crippen LogP contribution < -0.4 is 5.32 Å². The standard InChI is InChI=1S/C13H26N2O2S/c1-2-14-10-13(4-3-7-17-12-13)11-15-5-8-18(16)9-6-15/h14H,2-12H2,1H3. The largest absolute Gasteiger partial charge is 0.381 e. The maximum Gasteiger partial charge on any atom is 0.0546 e. The van der Waals surface area contributed by atoms with E-state index in [1.54, 1.807) is 0 Å². The number of hydrogen-bond acceptors (Lipinski definition) is 4. The molecular weight excluding hydrogens is 248 g/mol. The van der Waals surface area contributed by atoms with Crippen LogP contribution in [0, 0.1) is 5.41 Å². The monoisotopic (exact) mass is 274 g/mol. The SMILES string of the molecule is CCNCC1(CN2CCS(=O)CC2)CCCOC1. The highest BCUT2D eigenvalue weighted by Gasteiger charge is 2.35. The van der Waals surface area contributed by atoms with Crippen LogP contribution in [0.4, 0.5) is 0 Å². The highest BCUT2D eigenvalue weighted by atomic mass is 32.2. The topological polar surface area (TPSA) is 41.6 Å². The molecule has 0 aromatic rings. The summed E-state index contributed by atoms with van der Waals surface area (Å²) in [4.78, 5) is 2.48. The number of nitrogens with one attached hydrogen (secondary N) is 1. The third-order valence-electron chi connectivity index (χ3n) is 3.98. The van der Waals surface area contributed by atoms with Crippen molar-refractivity contribution in [2.45, 2.75) is 19.8 Å². The zero-order chi connectivity index (χ0) is 12.8. The van der Waals surface area contributed by atoms with Gasteiger partial charge in [-0.1, -0.05) is 6.92 Å². The van der Waals surface area contributed by atoms with Crippen LogP contribution in [0.15, 0.2) is 0 Å². The second-order valence-electron chi connectivity index (χ2n) is 5.56. The highest BCUT2D eigenvalue weighted by Crippen LogP contribution is 2.29. The molecule has 4 nitrogen and oxygen atoms in total. The predicted molar refractivity (Wildman–Crippen MR) is 75.3 cm³/mol. The van der Waals surface area contributed by atoms with Crippen LogP contribution in [0.5, 0.6) is 0 Å². The van der Waals surface area contributed by atoms with Gasteiger partial charge in [0.15, 0.2) is 0 Å². The minimum Gasteiger partial charge on any atom is -0.381 e. The lowest BCUT2D eigenvalue weighted by Crippen LogP contribution is -2.51. The highest BCUT2D eigenvalue weighted by molar-refractivity contribution is 7.85. The third kappa shape index (κ3) is 4.02. The minimum atomic E-state index is -0.575. The summed E-state index contributed by atoms with van der Waals surface area (Å²) in [6.45, 7) is 9.08. The molecule has 0 aliphatic carbocycles. The van der Waals surface area contributed by atoms with Gasteiger partial charge in [-0.25, -0.2) is 0 Å². The third-order valence-corrected chi connectivity index (χ3v) is 5.26. The van der Waals surface area contributed by atoms with Crippen LogP contribution in [0.25, 0.3) is 0 Å². The molecule has 18 heavy (non-hydrogen) atoms. The molecule has 1 atom stereocenters. The smallest absolute Gasteiger partial charge is 0.0546 e. The molecule has 1 N–H and O–H groups in total. The lowest BCUT2D eigenvalue weighted by atomic mass is 9.81. The van der Waals surface area contributed by atoms with E-state index in [4.69, 9.17) is 4.74 Å². The summed E-state index contributed by atoms with van der Waals surface area (Å²) in [6.07, 6.45) is 2.42. The summed E-state index contributed by atoms with van der Waals surface area (Å²) in [7, 11) is -0.575. The van der Waals surface area contributed by atoms with Crippen molar-refractivity contribution in [2.24, 2.45) is 5.41 Å². The predicted octanol–water partition coefficient (Wildman–Crippen LogP) is 0.457. The summed E-state index contributed by atoms with van der Waals surface area (Å²) in [6, 6.07) is 0. The van der Waals surface area contributed by atoms with E-state index in [9.17, 15) is 4.21 Å². The zero-order valence-electron chi connectivity index (χ0n) is 11.5. The molecule has 2 rings (SSSR count). The van der Waals surface area contributed by atoms with Crippen molar-refractivity contribution >= 4 is 10.8 Å². The van der Waals surface area contributed by atoms with E-state index in [0.29, 0.717) is 0 Å². The first-order chi connectivity index (χ1) is 8.74. The maximum atomic E-state index is 11.4. The average Bonchev–Trinajstić information content (AvgIpc) is 2.40. The Bertz CT molecular complexity index is 270. The van der Waals surface area contributed by atoms with E-state index in [1.807, 2.05) is 0 Å². The molecule has 2 aliphatic heterocycles. The van der Waals surface area contributed by atoms with E-state index in [-0.39, 0.29) is 5.41 Å². The fourth-order valence-electron chi connectivity index (χ4n) is 2.93. The summed E-state index contributed by atoms with van der Waals surface area (Å²) in [5.74, 6) is 1.69. The Labute approximate surface area is 113 Å². The van der Waals surface area contributed by atoms with Gasteiger partial charge in [-0.05, 0) is 19.4 Å². The van der Waals surface area contributed by atoms with Crippen molar-refractivity contribution in [3.05, 3.63) is 0 Å². The van der Waals surface area contributed by atoms with Gasteiger partial charge in [0, 0.05) is 60.5 Å². The van der Waals surface area contributed by atoms with E-state index in [1.165, 1.54) is 12.8 Å². The summed E-state index contributed by atoms with van der Waals surface area (Å²) in [5, 5.41) is 3.49. The van der Waals surface area contributed by atoms with Gasteiger partial charge < -0.3 is 15.0 Å². The van der Waals surface area contributed by atoms with Gasteiger partial charge in [0.1, 0.15) is 0 Å². The van der Waals surface area contributed by atoms with Crippen molar-refractivity contribution < 1.29 is 8.95 Å². The normalized spacial score (nSPS) is 31.6. The quantitative estimate of drug-likeness (QED) is 0.791. The summed E-state index contributed by atoms with van der Waals surface area (Å²) < 4.78 is 17.1. The molecule has 0 aromatic carbocycles. The molecule has 2 saturated heterocycles. The Morgan fingerprint density at radius 3 is 2.78 bits per heavy atom. The Kier molecular flexibility index (Phi) is 5.60. The van der Waals surface area contributed by atoms with Crippen LogP contribution >= 0.6 is 0 Å². The number of nitrogens with zero attached hydrogens (tertiary/aromatic N) is 1. The fraction of sp³-hybridized carbons (Fsp3) is 1.00. The van der Waals surface area contributed by atoms with Gasteiger partial charge in [0.05, 0.1) is 6.61 Å². The van der Waals surface area contributed by atoms with E-state index in [2.05, 4.69) is 17.1 Å². The Balaban J connectivity index is 1.89. The number of hydrogen-bond donors (Lipinski definition) is 1. The van der Waals surface area contributed by atoms with Crippen LogP contribution in [-0.2, 0) is 15.5 Å². The molecular formula is C13H26N2O2S. The van der Waals surface area contributed by atoms with Crippen LogP contribution in [0.1, 0.15) is 19.8 Å². The molecule has 0 spiro atoms. The first-order valence-electron chi connectivity index (χ1n) is 7.10. The van der Waals surface area contributed by atoms with Crippen LogP contribution in [0.3, 0.4) is 0 Å². The molecule has 106 valence electrons. The van der Waals surface area contributed by atoms with Gasteiger partial charge >= 0.3 is 0 Å². The maximum absolute atomic E-state index is 11.4. The average molecular weight is 274 g/mol. The fourth-order valence-corrected chi connectivity index (χ4v) is 4.06. The van der Waals surface area contributed by atoms with Gasteiger partial charge in [0.2, 0.25) is 0 Å². The van der Waals surface area contributed by atoms with E-state index < -0.39 is 10.8 Å². The minimum absolute atomic E-state index is 0.271. The number of rotatable bonds is 5. The molecule has 1 unspecified atom stereocenters. The Hall–Kier alpha value is 0.0300. The lowest BCUT2D eigenvalue weighted by molar-refractivity contribution is -0.0247. The van der Waals surface area contributed by atoms with Crippen LogP contribution in [-0.4, -0.2) is 66.6 Å². The molecule has 5 heteroatoms. The Morgan fingerprint density at radius 1 is 1.39 bits per heavy atom. The lowest BCUT2D eigenvalue weighted by Gasteiger charge is -2.42. The molecule has 0 radical (unpaired) electrons. The van der Waals surface area contributed by atoms with Crippen molar-refractivity contribution in [3.8, 4) is 0 Å². The first kappa shape index (κ1) is 14.4. The number of ether oxygens (including phenoxy) is 1. The zero-order valence-corrected chi connectivity index (χ0v) is 12.3. The van der Waals surface area contributed by atoms with Crippen molar-refractivity contribution in [1.29, 1.82) is 0 Å². The Morgan fingerprint density at radius 2 is 2.17 bits per heavy atom. The van der Waals surface area contributed by atoms with Gasteiger partial charge in [0.25, 0.3) is 0 Å². The van der Waals surface area contributed by atoms with Gasteiger partial charge in [-0.3, -0.25) is 4.21 Å². The van der Waals surface area contributed by atoms with E-state index >= 15 is 0 Å².